The summed E-state index contributed by atoms with van der Waals surface area (Å²) in [7, 11) is 1.52. The fourth-order valence-electron chi connectivity index (χ4n) is 2.86. The zero-order chi connectivity index (χ0) is 23.1. The molecular formula is C24H26N2O5S. The minimum absolute atomic E-state index is 0.0101. The lowest BCUT2D eigenvalue weighted by atomic mass is 10.2. The molecule has 0 N–H and O–H groups in total. The van der Waals surface area contributed by atoms with Crippen LogP contribution < -0.4 is 14.4 Å². The van der Waals surface area contributed by atoms with Crippen LogP contribution in [-0.2, 0) is 16.1 Å². The number of carbonyl (C=O) groups is 2. The first-order chi connectivity index (χ1) is 15.4. The maximum absolute atomic E-state index is 12.5. The predicted molar refractivity (Wildman–Crippen MR) is 124 cm³/mol. The number of methoxy groups -OCH3 is 1. The van der Waals surface area contributed by atoms with Crippen molar-refractivity contribution in [1.29, 1.82) is 0 Å². The molecule has 8 heteroatoms. The standard InChI is InChI=1S/C24H26N2O5S/c1-16(2)13-30-21-11-10-18(12-22(21)29-4)23(28)31-14-19-15-32-24(25-19)26(17(3)27)20-8-6-5-7-9-20/h5-12,15-16H,13-14H2,1-4H3. The van der Waals surface area contributed by atoms with Gasteiger partial charge in [0, 0.05) is 12.3 Å². The van der Waals surface area contributed by atoms with Crippen LogP contribution in [0.15, 0.2) is 53.9 Å². The first-order valence-electron chi connectivity index (χ1n) is 10.2. The van der Waals surface area contributed by atoms with Gasteiger partial charge in [-0.25, -0.2) is 9.78 Å². The molecule has 0 atom stereocenters. The second kappa shape index (κ2) is 10.8. The van der Waals surface area contributed by atoms with Gasteiger partial charge in [0.15, 0.2) is 16.6 Å². The van der Waals surface area contributed by atoms with Crippen molar-refractivity contribution < 1.29 is 23.8 Å². The number of esters is 1. The molecular weight excluding hydrogens is 428 g/mol. The number of hydrogen-bond acceptors (Lipinski definition) is 7. The molecule has 32 heavy (non-hydrogen) atoms. The van der Waals surface area contributed by atoms with Gasteiger partial charge in [0.2, 0.25) is 5.91 Å². The van der Waals surface area contributed by atoms with Gasteiger partial charge in [0.1, 0.15) is 6.61 Å². The summed E-state index contributed by atoms with van der Waals surface area (Å²) in [6.45, 7) is 6.13. The molecule has 3 rings (SSSR count). The van der Waals surface area contributed by atoms with Crippen LogP contribution >= 0.6 is 11.3 Å². The Balaban J connectivity index is 1.67. The second-order valence-electron chi connectivity index (χ2n) is 7.46. The topological polar surface area (TPSA) is 78.0 Å². The zero-order valence-electron chi connectivity index (χ0n) is 18.5. The molecule has 168 valence electrons. The number of anilines is 2. The predicted octanol–water partition coefficient (Wildman–Crippen LogP) is 5.23. The van der Waals surface area contributed by atoms with E-state index in [4.69, 9.17) is 14.2 Å². The van der Waals surface area contributed by atoms with E-state index in [2.05, 4.69) is 18.8 Å². The summed E-state index contributed by atoms with van der Waals surface area (Å²) in [5.74, 6) is 0.761. The smallest absolute Gasteiger partial charge is 0.338 e. The van der Waals surface area contributed by atoms with Gasteiger partial charge in [-0.1, -0.05) is 32.0 Å². The van der Waals surface area contributed by atoms with Crippen molar-refractivity contribution >= 4 is 34.0 Å². The van der Waals surface area contributed by atoms with E-state index >= 15 is 0 Å². The number of ether oxygens (including phenoxy) is 3. The Labute approximate surface area is 191 Å². The molecule has 1 heterocycles. The number of aromatic nitrogens is 1. The third-order valence-electron chi connectivity index (χ3n) is 4.38. The molecule has 2 aromatic carbocycles. The molecule has 1 aromatic heterocycles. The van der Waals surface area contributed by atoms with Gasteiger partial charge in [-0.3, -0.25) is 9.69 Å². The van der Waals surface area contributed by atoms with Crippen LogP contribution in [0.2, 0.25) is 0 Å². The van der Waals surface area contributed by atoms with E-state index in [1.54, 1.807) is 23.6 Å². The van der Waals surface area contributed by atoms with Crippen LogP contribution in [0.3, 0.4) is 0 Å². The van der Waals surface area contributed by atoms with Gasteiger partial charge in [0.25, 0.3) is 0 Å². The van der Waals surface area contributed by atoms with E-state index in [9.17, 15) is 9.59 Å². The van der Waals surface area contributed by atoms with Crippen molar-refractivity contribution in [3.8, 4) is 11.5 Å². The van der Waals surface area contributed by atoms with Gasteiger partial charge in [-0.05, 0) is 36.2 Å². The van der Waals surface area contributed by atoms with E-state index in [0.29, 0.717) is 40.4 Å². The van der Waals surface area contributed by atoms with Gasteiger partial charge in [0.05, 0.1) is 30.7 Å². The van der Waals surface area contributed by atoms with Gasteiger partial charge < -0.3 is 14.2 Å². The van der Waals surface area contributed by atoms with Crippen LogP contribution in [0.5, 0.6) is 11.5 Å². The van der Waals surface area contributed by atoms with Crippen LogP contribution in [0.25, 0.3) is 0 Å². The normalized spacial score (nSPS) is 10.7. The fourth-order valence-corrected chi connectivity index (χ4v) is 3.73. The molecule has 1 amide bonds. The molecule has 7 nitrogen and oxygen atoms in total. The highest BCUT2D eigenvalue weighted by molar-refractivity contribution is 7.14. The summed E-state index contributed by atoms with van der Waals surface area (Å²) in [6, 6.07) is 14.2. The minimum atomic E-state index is -0.500. The van der Waals surface area contributed by atoms with Crippen molar-refractivity contribution in [2.75, 3.05) is 18.6 Å². The number of amides is 1. The van der Waals surface area contributed by atoms with Crippen LogP contribution in [0.1, 0.15) is 36.8 Å². The molecule has 0 fully saturated rings. The van der Waals surface area contributed by atoms with Gasteiger partial charge >= 0.3 is 5.97 Å². The van der Waals surface area contributed by atoms with Crippen molar-refractivity contribution in [3.63, 3.8) is 0 Å². The van der Waals surface area contributed by atoms with Crippen LogP contribution in [-0.4, -0.2) is 30.6 Å². The number of benzene rings is 2. The van der Waals surface area contributed by atoms with Gasteiger partial charge in [-0.2, -0.15) is 0 Å². The molecule has 0 aliphatic carbocycles. The van der Waals surface area contributed by atoms with E-state index in [1.807, 2.05) is 30.3 Å². The van der Waals surface area contributed by atoms with E-state index in [0.717, 1.165) is 5.69 Å². The Morgan fingerprint density at radius 1 is 1.09 bits per heavy atom. The molecule has 3 aromatic rings. The largest absolute Gasteiger partial charge is 0.493 e. The van der Waals surface area contributed by atoms with Crippen molar-refractivity contribution in [2.45, 2.75) is 27.4 Å². The second-order valence-corrected chi connectivity index (χ2v) is 8.29. The Kier molecular flexibility index (Phi) is 7.83. The first kappa shape index (κ1) is 23.3. The summed E-state index contributed by atoms with van der Waals surface area (Å²) in [4.78, 5) is 30.7. The Bertz CT molecular complexity index is 1070. The van der Waals surface area contributed by atoms with Crippen molar-refractivity contribution in [3.05, 3.63) is 65.2 Å². The lowest BCUT2D eigenvalue weighted by Gasteiger charge is -2.17. The zero-order valence-corrected chi connectivity index (χ0v) is 19.3. The lowest BCUT2D eigenvalue weighted by molar-refractivity contribution is -0.115. The Hall–Kier alpha value is -3.39. The third kappa shape index (κ3) is 5.85. The highest BCUT2D eigenvalue weighted by Crippen LogP contribution is 2.30. The van der Waals surface area contributed by atoms with Crippen molar-refractivity contribution in [2.24, 2.45) is 5.92 Å². The highest BCUT2D eigenvalue weighted by Gasteiger charge is 2.19. The maximum Gasteiger partial charge on any atom is 0.338 e. The van der Waals surface area contributed by atoms with E-state index in [1.165, 1.54) is 30.3 Å². The quantitative estimate of drug-likeness (QED) is 0.412. The number of nitrogens with zero attached hydrogens (tertiary/aromatic N) is 2. The number of carbonyl (C=O) groups excluding carboxylic acids is 2. The molecule has 0 unspecified atom stereocenters. The SMILES string of the molecule is COc1cc(C(=O)OCc2csc(N(C(C)=O)c3ccccc3)n2)ccc1OCC(C)C. The number of para-hydroxylation sites is 1. The van der Waals surface area contributed by atoms with E-state index in [-0.39, 0.29) is 12.5 Å². The maximum atomic E-state index is 12.5. The number of thiazole rings is 1. The Morgan fingerprint density at radius 3 is 2.50 bits per heavy atom. The molecule has 0 spiro atoms. The fraction of sp³-hybridized carbons (Fsp3) is 0.292. The lowest BCUT2D eigenvalue weighted by Crippen LogP contribution is -2.22. The molecule has 0 saturated carbocycles. The average molecular weight is 455 g/mol. The van der Waals surface area contributed by atoms with Crippen LogP contribution in [0.4, 0.5) is 10.8 Å². The van der Waals surface area contributed by atoms with Gasteiger partial charge in [-0.15, -0.1) is 11.3 Å². The van der Waals surface area contributed by atoms with E-state index < -0.39 is 5.97 Å². The highest BCUT2D eigenvalue weighted by atomic mass is 32.1. The summed E-state index contributed by atoms with van der Waals surface area (Å²) in [5, 5.41) is 2.29. The summed E-state index contributed by atoms with van der Waals surface area (Å²) >= 11 is 1.31. The summed E-state index contributed by atoms with van der Waals surface area (Å²) < 4.78 is 16.5. The monoisotopic (exact) mass is 454 g/mol. The molecule has 0 aliphatic heterocycles. The number of rotatable bonds is 9. The third-order valence-corrected chi connectivity index (χ3v) is 5.26. The first-order valence-corrected chi connectivity index (χ1v) is 11.0. The molecule has 0 bridgehead atoms. The van der Waals surface area contributed by atoms with Crippen LogP contribution in [0, 0.1) is 5.92 Å². The summed E-state index contributed by atoms with van der Waals surface area (Å²) in [5.41, 5.74) is 1.64. The molecule has 0 aliphatic rings. The Morgan fingerprint density at radius 2 is 1.84 bits per heavy atom. The minimum Gasteiger partial charge on any atom is -0.493 e. The summed E-state index contributed by atoms with van der Waals surface area (Å²) in [6.07, 6.45) is 0. The number of hydrogen-bond donors (Lipinski definition) is 0. The van der Waals surface area contributed by atoms with Crippen molar-refractivity contribution in [1.82, 2.24) is 4.98 Å². The molecule has 0 radical (unpaired) electrons. The average Bonchev–Trinajstić information content (AvgIpc) is 3.24. The molecule has 0 saturated heterocycles.